The van der Waals surface area contributed by atoms with Gasteiger partial charge < -0.3 is 19.9 Å². The van der Waals surface area contributed by atoms with Crippen LogP contribution in [0, 0.1) is 11.3 Å². The molecule has 2 aromatic rings. The van der Waals surface area contributed by atoms with Crippen LogP contribution in [0.2, 0.25) is 0 Å². The number of nitrogens with one attached hydrogen (secondary N) is 1. The first-order chi connectivity index (χ1) is 17.8. The summed E-state index contributed by atoms with van der Waals surface area (Å²) in [6.45, 7) is 9.31. The zero-order valence-electron chi connectivity index (χ0n) is 20.7. The minimum atomic E-state index is -0.464. The van der Waals surface area contributed by atoms with Gasteiger partial charge in [0.25, 0.3) is 11.8 Å². The van der Waals surface area contributed by atoms with Gasteiger partial charge in [-0.15, -0.1) is 13.2 Å². The Bertz CT molecular complexity index is 1290. The van der Waals surface area contributed by atoms with Gasteiger partial charge in [0.15, 0.2) is 0 Å². The first-order valence-corrected chi connectivity index (χ1v) is 11.8. The molecule has 9 nitrogen and oxygen atoms in total. The number of esters is 1. The Balaban J connectivity index is 1.94. The normalized spacial score (nSPS) is 12.8. The summed E-state index contributed by atoms with van der Waals surface area (Å²) in [4.78, 5) is 54.1. The van der Waals surface area contributed by atoms with E-state index in [0.29, 0.717) is 34.5 Å². The second-order valence-corrected chi connectivity index (χ2v) is 8.24. The number of amides is 3. The molecule has 0 unspecified atom stereocenters. The highest BCUT2D eigenvalue weighted by Gasteiger charge is 2.31. The van der Waals surface area contributed by atoms with Crippen molar-refractivity contribution in [3.05, 3.63) is 84.0 Å². The lowest BCUT2D eigenvalue weighted by Gasteiger charge is -2.21. The van der Waals surface area contributed by atoms with Crippen molar-refractivity contribution in [1.29, 1.82) is 5.26 Å². The van der Waals surface area contributed by atoms with Crippen molar-refractivity contribution in [1.82, 2.24) is 4.90 Å². The molecule has 0 saturated carbocycles. The van der Waals surface area contributed by atoms with E-state index in [1.807, 2.05) is 0 Å². The molecule has 1 aliphatic heterocycles. The van der Waals surface area contributed by atoms with Crippen molar-refractivity contribution in [3.63, 3.8) is 0 Å². The quantitative estimate of drug-likeness (QED) is 0.394. The van der Waals surface area contributed by atoms with Gasteiger partial charge in [-0.3, -0.25) is 19.2 Å². The number of fused-ring (bicyclic) bond motifs is 1. The molecule has 2 aromatic carbocycles. The lowest BCUT2D eigenvalue weighted by molar-refractivity contribution is -0.143. The number of hydrogen-bond acceptors (Lipinski definition) is 6. The predicted octanol–water partition coefficient (Wildman–Crippen LogP) is 3.47. The number of carbonyl (C=O) groups excluding carboxylic acids is 4. The summed E-state index contributed by atoms with van der Waals surface area (Å²) < 4.78 is 4.94. The van der Waals surface area contributed by atoms with Crippen LogP contribution >= 0.6 is 0 Å². The Morgan fingerprint density at radius 3 is 2.62 bits per heavy atom. The van der Waals surface area contributed by atoms with E-state index >= 15 is 0 Å². The average Bonchev–Trinajstić information content (AvgIpc) is 2.98. The van der Waals surface area contributed by atoms with Gasteiger partial charge in [-0.25, -0.2) is 0 Å². The van der Waals surface area contributed by atoms with Crippen LogP contribution in [0.4, 0.5) is 11.4 Å². The maximum Gasteiger partial charge on any atom is 0.307 e. The highest BCUT2D eigenvalue weighted by atomic mass is 16.5. The molecule has 1 heterocycles. The van der Waals surface area contributed by atoms with E-state index in [1.54, 1.807) is 49.4 Å². The second kappa shape index (κ2) is 12.3. The van der Waals surface area contributed by atoms with Gasteiger partial charge in [-0.2, -0.15) is 5.26 Å². The maximum absolute atomic E-state index is 13.4. The van der Waals surface area contributed by atoms with Crippen LogP contribution in [0.5, 0.6) is 0 Å². The van der Waals surface area contributed by atoms with Crippen LogP contribution in [0.15, 0.2) is 61.7 Å². The van der Waals surface area contributed by atoms with Gasteiger partial charge in [0, 0.05) is 24.3 Å². The van der Waals surface area contributed by atoms with E-state index in [-0.39, 0.29) is 44.1 Å². The van der Waals surface area contributed by atoms with E-state index in [2.05, 4.69) is 24.5 Å². The van der Waals surface area contributed by atoms with E-state index < -0.39 is 17.8 Å². The molecular formula is C28H28N4O5. The van der Waals surface area contributed by atoms with Crippen molar-refractivity contribution < 1.29 is 23.9 Å². The van der Waals surface area contributed by atoms with Crippen molar-refractivity contribution >= 4 is 35.1 Å². The van der Waals surface area contributed by atoms with E-state index in [4.69, 9.17) is 4.74 Å². The molecule has 3 rings (SSSR count). The fourth-order valence-electron chi connectivity index (χ4n) is 4.02. The van der Waals surface area contributed by atoms with Crippen molar-refractivity contribution in [2.75, 3.05) is 36.5 Å². The third-order valence-electron chi connectivity index (χ3n) is 5.74. The summed E-state index contributed by atoms with van der Waals surface area (Å²) in [5.74, 6) is -1.64. The SMILES string of the molecule is C=CCc1cc(C#N)ccc1C(=O)Nc1ccc2c(c1)C(=O)N(CCC(=O)OCC)CC(=O)N2CC=C. The summed E-state index contributed by atoms with van der Waals surface area (Å²) in [5, 5.41) is 12.0. The minimum absolute atomic E-state index is 0.0114. The first kappa shape index (κ1) is 26.9. The average molecular weight is 501 g/mol. The topological polar surface area (TPSA) is 120 Å². The Morgan fingerprint density at radius 2 is 1.95 bits per heavy atom. The van der Waals surface area contributed by atoms with Crippen molar-refractivity contribution in [3.8, 4) is 6.07 Å². The smallest absolute Gasteiger partial charge is 0.307 e. The Labute approximate surface area is 215 Å². The number of benzene rings is 2. The number of hydrogen-bond donors (Lipinski definition) is 1. The summed E-state index contributed by atoms with van der Waals surface area (Å²) in [5.41, 5.74) is 2.39. The number of anilines is 2. The van der Waals surface area contributed by atoms with Crippen LogP contribution in [0.25, 0.3) is 0 Å². The molecular weight excluding hydrogens is 472 g/mol. The Morgan fingerprint density at radius 1 is 1.16 bits per heavy atom. The summed E-state index contributed by atoms with van der Waals surface area (Å²) in [7, 11) is 0. The Kier molecular flexibility index (Phi) is 8.95. The largest absolute Gasteiger partial charge is 0.466 e. The first-order valence-electron chi connectivity index (χ1n) is 11.8. The number of rotatable bonds is 10. The highest BCUT2D eigenvalue weighted by molar-refractivity contribution is 6.11. The molecule has 3 amide bonds. The zero-order chi connectivity index (χ0) is 26.9. The fraction of sp³-hybridized carbons (Fsp3) is 0.250. The molecule has 9 heteroatoms. The molecule has 0 bridgehead atoms. The van der Waals surface area contributed by atoms with Crippen LogP contribution in [-0.4, -0.2) is 54.8 Å². The molecule has 0 spiro atoms. The number of carbonyl (C=O) groups is 4. The molecule has 37 heavy (non-hydrogen) atoms. The Hall–Kier alpha value is -4.71. The number of nitriles is 1. The molecule has 1 aliphatic rings. The van der Waals surface area contributed by atoms with Crippen LogP contribution in [0.1, 0.15) is 45.2 Å². The summed E-state index contributed by atoms with van der Waals surface area (Å²) in [6, 6.07) is 11.5. The zero-order valence-corrected chi connectivity index (χ0v) is 20.7. The van der Waals surface area contributed by atoms with Gasteiger partial charge in [0.1, 0.15) is 6.54 Å². The maximum atomic E-state index is 13.4. The molecule has 0 aromatic heterocycles. The minimum Gasteiger partial charge on any atom is -0.466 e. The monoisotopic (exact) mass is 500 g/mol. The molecule has 1 N–H and O–H groups in total. The van der Waals surface area contributed by atoms with Crippen LogP contribution in [0.3, 0.4) is 0 Å². The van der Waals surface area contributed by atoms with E-state index in [1.165, 1.54) is 15.9 Å². The molecule has 0 fully saturated rings. The highest BCUT2D eigenvalue weighted by Crippen LogP contribution is 2.29. The number of ether oxygens (including phenoxy) is 1. The molecule has 0 saturated heterocycles. The lowest BCUT2D eigenvalue weighted by Crippen LogP contribution is -2.40. The summed E-state index contributed by atoms with van der Waals surface area (Å²) >= 11 is 0. The third-order valence-corrected chi connectivity index (χ3v) is 5.74. The van der Waals surface area contributed by atoms with Gasteiger partial charge in [-0.1, -0.05) is 12.2 Å². The van der Waals surface area contributed by atoms with Gasteiger partial charge in [0.05, 0.1) is 35.9 Å². The van der Waals surface area contributed by atoms with Crippen LogP contribution < -0.4 is 10.2 Å². The van der Waals surface area contributed by atoms with E-state index in [0.717, 1.165) is 0 Å². The molecule has 0 aliphatic carbocycles. The van der Waals surface area contributed by atoms with E-state index in [9.17, 15) is 24.4 Å². The fourth-order valence-corrected chi connectivity index (χ4v) is 4.02. The predicted molar refractivity (Wildman–Crippen MR) is 139 cm³/mol. The molecule has 0 atom stereocenters. The van der Waals surface area contributed by atoms with Gasteiger partial charge in [0.2, 0.25) is 5.91 Å². The standard InChI is InChI=1S/C28H28N4O5/c1-4-7-20-15-19(17-29)8-10-22(20)27(35)30-21-9-11-24-23(16-21)28(36)31(14-12-26(34)37-6-3)18-25(33)32(24)13-5-2/h4-5,8-11,15-16H,1-2,6-7,12-14,18H2,3H3,(H,30,35). The van der Waals surface area contributed by atoms with Gasteiger partial charge in [-0.05, 0) is 55.3 Å². The lowest BCUT2D eigenvalue weighted by atomic mass is 10.0. The molecule has 0 radical (unpaired) electrons. The van der Waals surface area contributed by atoms with Crippen LogP contribution in [-0.2, 0) is 20.7 Å². The van der Waals surface area contributed by atoms with Gasteiger partial charge >= 0.3 is 5.97 Å². The summed E-state index contributed by atoms with van der Waals surface area (Å²) in [6.07, 6.45) is 3.55. The van der Waals surface area contributed by atoms with Crippen molar-refractivity contribution in [2.45, 2.75) is 19.8 Å². The molecule has 190 valence electrons. The third kappa shape index (κ3) is 6.30. The number of nitrogens with zero attached hydrogens (tertiary/aromatic N) is 3. The van der Waals surface area contributed by atoms with Crippen molar-refractivity contribution in [2.24, 2.45) is 0 Å². The second-order valence-electron chi connectivity index (χ2n) is 8.24. The number of allylic oxidation sites excluding steroid dienone is 1.